The lowest BCUT2D eigenvalue weighted by molar-refractivity contribution is -0.126. The number of aryl methyl sites for hydroxylation is 1. The Hall–Kier alpha value is -2.22. The maximum absolute atomic E-state index is 12.8. The quantitative estimate of drug-likeness (QED) is 0.541. The van der Waals surface area contributed by atoms with Crippen molar-refractivity contribution in [3.63, 3.8) is 0 Å². The molecule has 1 N–H and O–H groups in total. The molecule has 1 atom stereocenters. The highest BCUT2D eigenvalue weighted by Gasteiger charge is 2.31. The van der Waals surface area contributed by atoms with E-state index in [1.54, 1.807) is 0 Å². The molecule has 1 heterocycles. The van der Waals surface area contributed by atoms with Gasteiger partial charge < -0.3 is 10.1 Å². The molecular weight excluding hydrogens is 412 g/mol. The van der Waals surface area contributed by atoms with Crippen LogP contribution >= 0.6 is 0 Å². The SMILES string of the molecule is O=C(NCCOCc1ccccc1)[C@H]1CCCN(S(=O)(=O)CCCc2ccccc2)C1. The maximum atomic E-state index is 12.8. The average Bonchev–Trinajstić information content (AvgIpc) is 2.80. The number of nitrogens with zero attached hydrogens (tertiary/aromatic N) is 1. The predicted octanol–water partition coefficient (Wildman–Crippen LogP) is 2.99. The Morgan fingerprint density at radius 1 is 1.03 bits per heavy atom. The monoisotopic (exact) mass is 444 g/mol. The molecule has 31 heavy (non-hydrogen) atoms. The molecule has 2 aromatic rings. The molecule has 168 valence electrons. The first kappa shape index (κ1) is 23.4. The van der Waals surface area contributed by atoms with Gasteiger partial charge in [-0.3, -0.25) is 4.79 Å². The summed E-state index contributed by atoms with van der Waals surface area (Å²) in [5.41, 5.74) is 2.23. The molecule has 0 bridgehead atoms. The van der Waals surface area contributed by atoms with E-state index in [1.165, 1.54) is 4.31 Å². The number of ether oxygens (including phenoxy) is 1. The lowest BCUT2D eigenvalue weighted by Crippen LogP contribution is -2.46. The molecule has 1 aliphatic rings. The van der Waals surface area contributed by atoms with E-state index in [0.717, 1.165) is 17.5 Å². The van der Waals surface area contributed by atoms with Crippen molar-refractivity contribution in [2.24, 2.45) is 5.92 Å². The van der Waals surface area contributed by atoms with Gasteiger partial charge in [-0.25, -0.2) is 12.7 Å². The highest BCUT2D eigenvalue weighted by Crippen LogP contribution is 2.20. The Labute approximate surface area is 185 Å². The summed E-state index contributed by atoms with van der Waals surface area (Å²) >= 11 is 0. The first-order valence-corrected chi connectivity index (χ1v) is 12.6. The number of carbonyl (C=O) groups is 1. The van der Waals surface area contributed by atoms with Crippen LogP contribution in [0.25, 0.3) is 0 Å². The van der Waals surface area contributed by atoms with Crippen LogP contribution in [0.4, 0.5) is 0 Å². The zero-order valence-electron chi connectivity index (χ0n) is 17.9. The molecule has 0 unspecified atom stereocenters. The molecule has 1 amide bonds. The van der Waals surface area contributed by atoms with Gasteiger partial charge in [0, 0.05) is 19.6 Å². The summed E-state index contributed by atoms with van der Waals surface area (Å²) in [5.74, 6) is -0.275. The summed E-state index contributed by atoms with van der Waals surface area (Å²) in [6.45, 7) is 2.12. The van der Waals surface area contributed by atoms with Gasteiger partial charge in [0.05, 0.1) is 24.9 Å². The van der Waals surface area contributed by atoms with Crippen molar-refractivity contribution in [3.8, 4) is 0 Å². The average molecular weight is 445 g/mol. The number of carbonyl (C=O) groups excluding carboxylic acids is 1. The van der Waals surface area contributed by atoms with Gasteiger partial charge in [-0.2, -0.15) is 0 Å². The number of piperidine rings is 1. The van der Waals surface area contributed by atoms with Crippen molar-refractivity contribution < 1.29 is 17.9 Å². The Morgan fingerprint density at radius 2 is 1.71 bits per heavy atom. The summed E-state index contributed by atoms with van der Waals surface area (Å²) in [7, 11) is -3.35. The maximum Gasteiger partial charge on any atom is 0.224 e. The molecule has 1 saturated heterocycles. The van der Waals surface area contributed by atoms with Crippen LogP contribution in [-0.4, -0.2) is 50.6 Å². The van der Waals surface area contributed by atoms with Gasteiger partial charge in [-0.15, -0.1) is 0 Å². The first-order chi connectivity index (χ1) is 15.0. The van der Waals surface area contributed by atoms with Crippen molar-refractivity contribution in [1.82, 2.24) is 9.62 Å². The van der Waals surface area contributed by atoms with Gasteiger partial charge >= 0.3 is 0 Å². The minimum absolute atomic E-state index is 0.0903. The molecular formula is C24H32N2O4S. The minimum atomic E-state index is -3.35. The number of nitrogens with one attached hydrogen (secondary N) is 1. The van der Waals surface area contributed by atoms with Gasteiger partial charge in [0.1, 0.15) is 0 Å². The number of hydrogen-bond acceptors (Lipinski definition) is 4. The molecule has 3 rings (SSSR count). The van der Waals surface area contributed by atoms with Gasteiger partial charge in [0.15, 0.2) is 0 Å². The van der Waals surface area contributed by atoms with Crippen molar-refractivity contribution in [1.29, 1.82) is 0 Å². The van der Waals surface area contributed by atoms with Crippen molar-refractivity contribution >= 4 is 15.9 Å². The number of benzene rings is 2. The number of sulfonamides is 1. The van der Waals surface area contributed by atoms with Crippen LogP contribution < -0.4 is 5.32 Å². The zero-order chi connectivity index (χ0) is 21.9. The summed E-state index contributed by atoms with van der Waals surface area (Å²) in [6.07, 6.45) is 2.74. The highest BCUT2D eigenvalue weighted by molar-refractivity contribution is 7.89. The van der Waals surface area contributed by atoms with E-state index in [1.807, 2.05) is 60.7 Å². The molecule has 0 radical (unpaired) electrons. The van der Waals surface area contributed by atoms with Gasteiger partial charge in [0.25, 0.3) is 0 Å². The van der Waals surface area contributed by atoms with Gasteiger partial charge in [-0.05, 0) is 36.8 Å². The zero-order valence-corrected chi connectivity index (χ0v) is 18.7. The molecule has 7 heteroatoms. The minimum Gasteiger partial charge on any atom is -0.375 e. The number of amides is 1. The molecule has 0 spiro atoms. The molecule has 0 aromatic heterocycles. The molecule has 1 fully saturated rings. The fraction of sp³-hybridized carbons (Fsp3) is 0.458. The van der Waals surface area contributed by atoms with E-state index in [2.05, 4.69) is 5.32 Å². The Balaban J connectivity index is 1.37. The lowest BCUT2D eigenvalue weighted by atomic mass is 9.99. The van der Waals surface area contributed by atoms with E-state index in [4.69, 9.17) is 4.74 Å². The third-order valence-corrected chi connectivity index (χ3v) is 7.44. The summed E-state index contributed by atoms with van der Waals surface area (Å²) in [5, 5.41) is 2.89. The van der Waals surface area contributed by atoms with E-state index < -0.39 is 10.0 Å². The van der Waals surface area contributed by atoms with Gasteiger partial charge in [0.2, 0.25) is 15.9 Å². The van der Waals surface area contributed by atoms with Crippen molar-refractivity contribution in [3.05, 3.63) is 71.8 Å². The Kier molecular flexibility index (Phi) is 9.06. The van der Waals surface area contributed by atoms with Crippen LogP contribution in [0.3, 0.4) is 0 Å². The van der Waals surface area contributed by atoms with Gasteiger partial charge in [-0.1, -0.05) is 60.7 Å². The standard InChI is InChI=1S/C24H32N2O4S/c27-24(25-15-17-30-20-22-11-5-2-6-12-22)23-14-7-16-26(19-23)31(28,29)18-8-13-21-9-3-1-4-10-21/h1-6,9-12,23H,7-8,13-20H2,(H,25,27)/t23-/m0/s1. The van der Waals surface area contributed by atoms with Crippen LogP contribution in [0.5, 0.6) is 0 Å². The Bertz CT molecular complexity index is 904. The lowest BCUT2D eigenvalue weighted by Gasteiger charge is -2.31. The smallest absolute Gasteiger partial charge is 0.224 e. The summed E-state index contributed by atoms with van der Waals surface area (Å²) in [4.78, 5) is 12.5. The van der Waals surface area contributed by atoms with E-state index in [9.17, 15) is 13.2 Å². The number of rotatable bonds is 11. The third kappa shape index (κ3) is 7.76. The Morgan fingerprint density at radius 3 is 2.42 bits per heavy atom. The van der Waals surface area contributed by atoms with E-state index in [-0.39, 0.29) is 24.1 Å². The normalized spacial score (nSPS) is 17.4. The fourth-order valence-corrected chi connectivity index (χ4v) is 5.38. The highest BCUT2D eigenvalue weighted by atomic mass is 32.2. The largest absolute Gasteiger partial charge is 0.375 e. The molecule has 6 nitrogen and oxygen atoms in total. The second kappa shape index (κ2) is 12.0. The molecule has 0 saturated carbocycles. The van der Waals surface area contributed by atoms with Crippen molar-refractivity contribution in [2.45, 2.75) is 32.3 Å². The van der Waals surface area contributed by atoms with Crippen LogP contribution in [0.2, 0.25) is 0 Å². The molecule has 2 aromatic carbocycles. The van der Waals surface area contributed by atoms with Crippen molar-refractivity contribution in [2.75, 3.05) is 32.0 Å². The fourth-order valence-electron chi connectivity index (χ4n) is 3.80. The van der Waals surface area contributed by atoms with Crippen LogP contribution in [0.15, 0.2) is 60.7 Å². The van der Waals surface area contributed by atoms with Crippen LogP contribution in [0, 0.1) is 5.92 Å². The second-order valence-electron chi connectivity index (χ2n) is 7.93. The third-order valence-electron chi connectivity index (χ3n) is 5.52. The van der Waals surface area contributed by atoms with Crippen LogP contribution in [0.1, 0.15) is 30.4 Å². The molecule has 1 aliphatic heterocycles. The van der Waals surface area contributed by atoms with E-state index in [0.29, 0.717) is 45.6 Å². The first-order valence-electron chi connectivity index (χ1n) is 11.0. The summed E-state index contributed by atoms with van der Waals surface area (Å²) < 4.78 is 32.6. The molecule has 0 aliphatic carbocycles. The van der Waals surface area contributed by atoms with E-state index >= 15 is 0 Å². The summed E-state index contributed by atoms with van der Waals surface area (Å²) in [6, 6.07) is 19.8. The second-order valence-corrected chi connectivity index (χ2v) is 10.0. The van der Waals surface area contributed by atoms with Crippen LogP contribution in [-0.2, 0) is 32.6 Å². The predicted molar refractivity (Wildman–Crippen MR) is 122 cm³/mol. The topological polar surface area (TPSA) is 75.7 Å². The number of hydrogen-bond donors (Lipinski definition) is 1.